The molecule has 1 heterocycles. The number of carboxylic acids is 1. The predicted octanol–water partition coefficient (Wildman–Crippen LogP) is 3.75. The van der Waals surface area contributed by atoms with Gasteiger partial charge in [0.15, 0.2) is 5.69 Å². The molecule has 0 amide bonds. The molecule has 0 saturated heterocycles. The summed E-state index contributed by atoms with van der Waals surface area (Å²) in [5.74, 6) is -0.843. The lowest BCUT2D eigenvalue weighted by Crippen LogP contribution is -2.07. The molecule has 0 aliphatic rings. The maximum absolute atomic E-state index is 11.0. The van der Waals surface area contributed by atoms with Crippen LogP contribution in [0.3, 0.4) is 0 Å². The van der Waals surface area contributed by atoms with Crippen molar-refractivity contribution in [2.24, 2.45) is 0 Å². The van der Waals surface area contributed by atoms with Crippen LogP contribution < -0.4 is 5.32 Å². The van der Waals surface area contributed by atoms with Gasteiger partial charge in [-0.05, 0) is 57.0 Å². The number of nitrogens with zero attached hydrogens (tertiary/aromatic N) is 2. The van der Waals surface area contributed by atoms with Crippen molar-refractivity contribution in [3.8, 4) is 0 Å². The summed E-state index contributed by atoms with van der Waals surface area (Å²) in [4.78, 5) is 19.1. The molecule has 0 atom stereocenters. The molecule has 2 aromatic rings. The summed E-state index contributed by atoms with van der Waals surface area (Å²) in [5.41, 5.74) is 1.28. The van der Waals surface area contributed by atoms with Crippen molar-refractivity contribution < 1.29 is 9.90 Å². The zero-order valence-corrected chi connectivity index (χ0v) is 13.0. The second kappa shape index (κ2) is 5.66. The van der Waals surface area contributed by atoms with E-state index < -0.39 is 5.97 Å². The number of halogens is 2. The van der Waals surface area contributed by atoms with Crippen molar-refractivity contribution >= 4 is 49.5 Å². The summed E-state index contributed by atoms with van der Waals surface area (Å²) in [6, 6.07) is 7.02. The van der Waals surface area contributed by atoms with Crippen LogP contribution in [-0.2, 0) is 0 Å². The Morgan fingerprint density at radius 1 is 1.26 bits per heavy atom. The molecule has 5 nitrogen and oxygen atoms in total. The van der Waals surface area contributed by atoms with Gasteiger partial charge in [-0.3, -0.25) is 0 Å². The van der Waals surface area contributed by atoms with Crippen molar-refractivity contribution in [2.75, 3.05) is 5.32 Å². The number of aromatic nitrogens is 2. The van der Waals surface area contributed by atoms with Gasteiger partial charge in [-0.25, -0.2) is 14.8 Å². The largest absolute Gasteiger partial charge is 0.477 e. The van der Waals surface area contributed by atoms with Gasteiger partial charge in [-0.1, -0.05) is 6.07 Å². The second-order valence-electron chi connectivity index (χ2n) is 3.74. The van der Waals surface area contributed by atoms with Gasteiger partial charge in [0.2, 0.25) is 5.95 Å². The van der Waals surface area contributed by atoms with Crippen LogP contribution in [0.5, 0.6) is 0 Å². The summed E-state index contributed by atoms with van der Waals surface area (Å²) in [6.45, 7) is 1.72. The number of benzene rings is 1. The number of hydrogen-bond acceptors (Lipinski definition) is 4. The van der Waals surface area contributed by atoms with Gasteiger partial charge in [0, 0.05) is 14.6 Å². The monoisotopic (exact) mass is 385 g/mol. The van der Waals surface area contributed by atoms with E-state index in [1.54, 1.807) is 6.92 Å². The zero-order valence-electron chi connectivity index (χ0n) is 9.82. The van der Waals surface area contributed by atoms with Crippen LogP contribution in [0.1, 0.15) is 16.2 Å². The fourth-order valence-electron chi connectivity index (χ4n) is 1.46. The van der Waals surface area contributed by atoms with Crippen LogP contribution in [0.15, 0.2) is 33.2 Å². The molecule has 0 aliphatic heterocycles. The lowest BCUT2D eigenvalue weighted by molar-refractivity contribution is 0.0690. The molecular weight excluding hydrogens is 378 g/mol. The maximum atomic E-state index is 11.0. The molecule has 98 valence electrons. The number of carboxylic acid groups (broad SMARTS) is 1. The van der Waals surface area contributed by atoms with Crippen LogP contribution in [0.4, 0.5) is 11.6 Å². The van der Waals surface area contributed by atoms with Crippen LogP contribution >= 0.6 is 31.9 Å². The van der Waals surface area contributed by atoms with E-state index in [2.05, 4.69) is 47.1 Å². The Morgan fingerprint density at radius 3 is 2.47 bits per heavy atom. The van der Waals surface area contributed by atoms with E-state index in [0.717, 1.165) is 14.6 Å². The van der Waals surface area contributed by atoms with Crippen LogP contribution in [0, 0.1) is 6.92 Å². The number of aromatic carboxylic acids is 1. The highest BCUT2D eigenvalue weighted by Crippen LogP contribution is 2.32. The Kier molecular flexibility index (Phi) is 4.16. The quantitative estimate of drug-likeness (QED) is 0.840. The highest BCUT2D eigenvalue weighted by Gasteiger charge is 2.11. The topological polar surface area (TPSA) is 75.1 Å². The fraction of sp³-hybridized carbons (Fsp3) is 0.0833. The highest BCUT2D eigenvalue weighted by atomic mass is 79.9. The molecule has 1 aromatic heterocycles. The van der Waals surface area contributed by atoms with Gasteiger partial charge in [-0.2, -0.15) is 0 Å². The van der Waals surface area contributed by atoms with E-state index in [-0.39, 0.29) is 11.6 Å². The van der Waals surface area contributed by atoms with Gasteiger partial charge in [0.05, 0.1) is 5.69 Å². The van der Waals surface area contributed by atoms with Crippen molar-refractivity contribution in [2.45, 2.75) is 6.92 Å². The average Bonchev–Trinajstić information content (AvgIpc) is 2.33. The number of hydrogen-bond donors (Lipinski definition) is 2. The lowest BCUT2D eigenvalue weighted by Gasteiger charge is -2.10. The number of para-hydroxylation sites is 1. The number of aryl methyl sites for hydroxylation is 1. The molecular formula is C12H9Br2N3O2. The van der Waals surface area contributed by atoms with E-state index in [0.29, 0.717) is 5.69 Å². The molecule has 0 radical (unpaired) electrons. The molecule has 19 heavy (non-hydrogen) atoms. The van der Waals surface area contributed by atoms with Gasteiger partial charge < -0.3 is 10.4 Å². The summed E-state index contributed by atoms with van der Waals surface area (Å²) in [7, 11) is 0. The Hall–Kier alpha value is -1.47. The Labute approximate surface area is 126 Å². The highest BCUT2D eigenvalue weighted by molar-refractivity contribution is 9.11. The van der Waals surface area contributed by atoms with E-state index >= 15 is 0 Å². The lowest BCUT2D eigenvalue weighted by atomic mass is 10.3. The molecule has 0 spiro atoms. The maximum Gasteiger partial charge on any atom is 0.354 e. The minimum Gasteiger partial charge on any atom is -0.477 e. The van der Waals surface area contributed by atoms with Gasteiger partial charge in [-0.15, -0.1) is 0 Å². The van der Waals surface area contributed by atoms with E-state index in [4.69, 9.17) is 5.11 Å². The van der Waals surface area contributed by atoms with E-state index in [1.807, 2.05) is 18.2 Å². The first-order valence-corrected chi connectivity index (χ1v) is 6.86. The number of carbonyl (C=O) groups is 1. The predicted molar refractivity (Wildman–Crippen MR) is 78.9 cm³/mol. The van der Waals surface area contributed by atoms with Gasteiger partial charge >= 0.3 is 5.97 Å². The number of rotatable bonds is 3. The van der Waals surface area contributed by atoms with Crippen molar-refractivity contribution in [3.63, 3.8) is 0 Å². The van der Waals surface area contributed by atoms with Crippen molar-refractivity contribution in [1.29, 1.82) is 0 Å². The summed E-state index contributed by atoms with van der Waals surface area (Å²) in [6.07, 6.45) is 0. The first-order valence-electron chi connectivity index (χ1n) is 5.27. The van der Waals surface area contributed by atoms with E-state index in [9.17, 15) is 4.79 Å². The first-order chi connectivity index (χ1) is 8.97. The molecule has 0 bridgehead atoms. The first kappa shape index (κ1) is 14.0. The fourth-order valence-corrected chi connectivity index (χ4v) is 2.66. The molecule has 0 saturated carbocycles. The summed E-state index contributed by atoms with van der Waals surface area (Å²) in [5, 5.41) is 12.0. The Bertz CT molecular complexity index is 627. The third kappa shape index (κ3) is 3.30. The van der Waals surface area contributed by atoms with Crippen LogP contribution in [0.2, 0.25) is 0 Å². The Morgan fingerprint density at radius 2 is 1.89 bits per heavy atom. The molecule has 2 N–H and O–H groups in total. The normalized spacial score (nSPS) is 10.3. The van der Waals surface area contributed by atoms with Gasteiger partial charge in [0.1, 0.15) is 0 Å². The van der Waals surface area contributed by atoms with Crippen molar-refractivity contribution in [3.05, 3.63) is 44.6 Å². The molecule has 0 aliphatic carbocycles. The molecule has 0 unspecified atom stereocenters. The average molecular weight is 387 g/mol. The second-order valence-corrected chi connectivity index (χ2v) is 5.45. The molecule has 2 rings (SSSR count). The summed E-state index contributed by atoms with van der Waals surface area (Å²) < 4.78 is 1.65. The molecule has 1 aromatic carbocycles. The number of anilines is 2. The van der Waals surface area contributed by atoms with Gasteiger partial charge in [0.25, 0.3) is 0 Å². The molecule has 0 fully saturated rings. The van der Waals surface area contributed by atoms with E-state index in [1.165, 1.54) is 6.07 Å². The third-order valence-electron chi connectivity index (χ3n) is 2.27. The minimum atomic E-state index is -1.08. The standard InChI is InChI=1S/C12H9Br2N3O2/c1-6-5-9(11(18)19)16-12(15-6)17-10-7(13)3-2-4-8(10)14/h2-5H,1H3,(H,18,19)(H,15,16,17). The Balaban J connectivity index is 2.41. The molecule has 7 heteroatoms. The zero-order chi connectivity index (χ0) is 14.0. The smallest absolute Gasteiger partial charge is 0.354 e. The van der Waals surface area contributed by atoms with Crippen LogP contribution in [-0.4, -0.2) is 21.0 Å². The number of nitrogens with one attached hydrogen (secondary N) is 1. The summed E-state index contributed by atoms with van der Waals surface area (Å²) >= 11 is 6.81. The minimum absolute atomic E-state index is 0.0434. The third-order valence-corrected chi connectivity index (χ3v) is 3.59. The van der Waals surface area contributed by atoms with Crippen LogP contribution in [0.25, 0.3) is 0 Å². The van der Waals surface area contributed by atoms with Crippen molar-refractivity contribution in [1.82, 2.24) is 9.97 Å². The SMILES string of the molecule is Cc1cc(C(=O)O)nc(Nc2c(Br)cccc2Br)n1.